The molecule has 0 heterocycles. The molecule has 0 aromatic carbocycles. The first-order valence-corrected chi connectivity index (χ1v) is 6.05. The quantitative estimate of drug-likeness (QED) is 0.668. The fraction of sp³-hybridized carbons (Fsp3) is 0.917. The van der Waals surface area contributed by atoms with Gasteiger partial charge in [0.25, 0.3) is 0 Å². The van der Waals surface area contributed by atoms with Crippen molar-refractivity contribution in [3.05, 3.63) is 0 Å². The summed E-state index contributed by atoms with van der Waals surface area (Å²) in [6.45, 7) is 2.15. The van der Waals surface area contributed by atoms with E-state index in [9.17, 15) is 9.90 Å². The Balaban J connectivity index is 2.38. The summed E-state index contributed by atoms with van der Waals surface area (Å²) in [7, 11) is 0. The van der Waals surface area contributed by atoms with Gasteiger partial charge in [0.05, 0.1) is 6.10 Å². The summed E-state index contributed by atoms with van der Waals surface area (Å²) in [6, 6.07) is 0. The molecule has 0 aliphatic heterocycles. The monoisotopic (exact) mass is 214 g/mol. The number of aliphatic hydroxyl groups excluding tert-OH is 1. The minimum absolute atomic E-state index is 0.203. The fourth-order valence-corrected chi connectivity index (χ4v) is 2.66. The molecule has 15 heavy (non-hydrogen) atoms. The zero-order chi connectivity index (χ0) is 11.3. The maximum Gasteiger partial charge on any atom is 0.303 e. The van der Waals surface area contributed by atoms with E-state index in [2.05, 4.69) is 6.92 Å². The van der Waals surface area contributed by atoms with Crippen LogP contribution in [0, 0.1) is 11.8 Å². The molecule has 1 aliphatic rings. The number of carbonyl (C=O) groups is 1. The molecule has 1 aliphatic carbocycles. The van der Waals surface area contributed by atoms with Gasteiger partial charge in [-0.1, -0.05) is 26.2 Å². The fourth-order valence-electron chi connectivity index (χ4n) is 2.66. The first kappa shape index (κ1) is 12.5. The summed E-state index contributed by atoms with van der Waals surface area (Å²) in [4.78, 5) is 10.7. The summed E-state index contributed by atoms with van der Waals surface area (Å²) < 4.78 is 0. The average Bonchev–Trinajstić information content (AvgIpc) is 2.49. The second kappa shape index (κ2) is 6.11. The molecule has 0 amide bonds. The number of aliphatic carboxylic acids is 1. The van der Waals surface area contributed by atoms with Crippen molar-refractivity contribution in [3.8, 4) is 0 Å². The summed E-state index contributed by atoms with van der Waals surface area (Å²) in [5.74, 6) is -0.295. The highest BCUT2D eigenvalue weighted by Gasteiger charge is 2.35. The Morgan fingerprint density at radius 3 is 2.67 bits per heavy atom. The van der Waals surface area contributed by atoms with Crippen molar-refractivity contribution in [1.29, 1.82) is 0 Å². The van der Waals surface area contributed by atoms with Crippen LogP contribution < -0.4 is 0 Å². The van der Waals surface area contributed by atoms with Crippen LogP contribution in [-0.2, 0) is 4.79 Å². The first-order valence-electron chi connectivity index (χ1n) is 6.05. The summed E-state index contributed by atoms with van der Waals surface area (Å²) >= 11 is 0. The molecular formula is C12H22O3. The molecule has 3 heteroatoms. The van der Waals surface area contributed by atoms with Crippen molar-refractivity contribution < 1.29 is 15.0 Å². The second-order valence-electron chi connectivity index (χ2n) is 4.66. The molecule has 0 bridgehead atoms. The van der Waals surface area contributed by atoms with Crippen LogP contribution in [0.5, 0.6) is 0 Å². The highest BCUT2D eigenvalue weighted by Crippen LogP contribution is 2.37. The van der Waals surface area contributed by atoms with Crippen molar-refractivity contribution in [1.82, 2.24) is 0 Å². The van der Waals surface area contributed by atoms with E-state index in [1.165, 1.54) is 12.8 Å². The Morgan fingerprint density at radius 1 is 1.33 bits per heavy atom. The molecule has 1 saturated carbocycles. The molecule has 0 spiro atoms. The van der Waals surface area contributed by atoms with E-state index in [4.69, 9.17) is 5.11 Å². The molecule has 0 unspecified atom stereocenters. The van der Waals surface area contributed by atoms with Crippen LogP contribution in [0.1, 0.15) is 51.9 Å². The van der Waals surface area contributed by atoms with Gasteiger partial charge < -0.3 is 10.2 Å². The number of aliphatic hydroxyl groups is 1. The molecule has 0 aromatic rings. The molecule has 1 rings (SSSR count). The molecule has 3 atom stereocenters. The van der Waals surface area contributed by atoms with Crippen molar-refractivity contribution in [3.63, 3.8) is 0 Å². The Bertz CT molecular complexity index is 203. The Hall–Kier alpha value is -0.570. The van der Waals surface area contributed by atoms with Crippen molar-refractivity contribution in [2.75, 3.05) is 0 Å². The number of carboxylic acids is 1. The lowest BCUT2D eigenvalue weighted by Crippen LogP contribution is -2.21. The number of hydrogen-bond acceptors (Lipinski definition) is 2. The van der Waals surface area contributed by atoms with Gasteiger partial charge in [0, 0.05) is 6.42 Å². The van der Waals surface area contributed by atoms with E-state index in [0.29, 0.717) is 0 Å². The molecule has 0 aromatic heterocycles. The number of hydrogen-bond donors (Lipinski definition) is 2. The van der Waals surface area contributed by atoms with Crippen LogP contribution in [0.3, 0.4) is 0 Å². The van der Waals surface area contributed by atoms with Crippen LogP contribution in [0.2, 0.25) is 0 Å². The second-order valence-corrected chi connectivity index (χ2v) is 4.66. The number of carboxylic acid groups (broad SMARTS) is 1. The van der Waals surface area contributed by atoms with Gasteiger partial charge in [-0.25, -0.2) is 0 Å². The molecule has 3 nitrogen and oxygen atoms in total. The highest BCUT2D eigenvalue weighted by atomic mass is 16.4. The number of unbranched alkanes of at least 4 members (excludes halogenated alkanes) is 2. The van der Waals surface area contributed by atoms with E-state index < -0.39 is 5.97 Å². The molecular weight excluding hydrogens is 192 g/mol. The van der Waals surface area contributed by atoms with Crippen LogP contribution in [-0.4, -0.2) is 22.3 Å². The minimum atomic E-state index is -0.727. The smallest absolute Gasteiger partial charge is 0.303 e. The zero-order valence-corrected chi connectivity index (χ0v) is 9.48. The van der Waals surface area contributed by atoms with E-state index >= 15 is 0 Å². The Kier molecular flexibility index (Phi) is 5.09. The van der Waals surface area contributed by atoms with Gasteiger partial charge in [-0.15, -0.1) is 0 Å². The van der Waals surface area contributed by atoms with Crippen LogP contribution in [0.4, 0.5) is 0 Å². The van der Waals surface area contributed by atoms with Gasteiger partial charge in [-0.05, 0) is 31.1 Å². The zero-order valence-electron chi connectivity index (χ0n) is 9.48. The maximum atomic E-state index is 10.7. The summed E-state index contributed by atoms with van der Waals surface area (Å²) in [5, 5.41) is 18.5. The predicted octanol–water partition coefficient (Wildman–Crippen LogP) is 2.43. The summed E-state index contributed by atoms with van der Waals surface area (Å²) in [6.07, 6.45) is 6.11. The van der Waals surface area contributed by atoms with Crippen LogP contribution in [0.15, 0.2) is 0 Å². The van der Waals surface area contributed by atoms with Crippen molar-refractivity contribution >= 4 is 5.97 Å². The minimum Gasteiger partial charge on any atom is -0.481 e. The van der Waals surface area contributed by atoms with E-state index in [-0.39, 0.29) is 24.4 Å². The van der Waals surface area contributed by atoms with Gasteiger partial charge in [0.15, 0.2) is 0 Å². The average molecular weight is 214 g/mol. The third kappa shape index (κ3) is 3.82. The lowest BCUT2D eigenvalue weighted by Gasteiger charge is -2.20. The van der Waals surface area contributed by atoms with Crippen molar-refractivity contribution in [2.45, 2.75) is 58.0 Å². The van der Waals surface area contributed by atoms with E-state index in [1.807, 2.05) is 0 Å². The van der Waals surface area contributed by atoms with Crippen LogP contribution in [0.25, 0.3) is 0 Å². The topological polar surface area (TPSA) is 57.5 Å². The van der Waals surface area contributed by atoms with Gasteiger partial charge in [-0.3, -0.25) is 4.79 Å². The molecule has 0 radical (unpaired) electrons. The van der Waals surface area contributed by atoms with E-state index in [1.54, 1.807) is 0 Å². The lowest BCUT2D eigenvalue weighted by molar-refractivity contribution is -0.138. The molecule has 1 fully saturated rings. The SMILES string of the molecule is CCCCC[C@@H]1[C@H](CC(=O)O)CC[C@@H]1O. The molecule has 88 valence electrons. The van der Waals surface area contributed by atoms with Crippen molar-refractivity contribution in [2.24, 2.45) is 11.8 Å². The number of rotatable bonds is 6. The highest BCUT2D eigenvalue weighted by molar-refractivity contribution is 5.67. The molecule has 0 saturated heterocycles. The normalized spacial score (nSPS) is 30.7. The molecule has 2 N–H and O–H groups in total. The Labute approximate surface area is 91.5 Å². The standard InChI is InChI=1S/C12H22O3/c1-2-3-4-5-10-9(8-12(14)15)6-7-11(10)13/h9-11,13H,2-8H2,1H3,(H,14,15)/t9-,10+,11-/m0/s1. The van der Waals surface area contributed by atoms with Gasteiger partial charge >= 0.3 is 5.97 Å². The summed E-state index contributed by atoms with van der Waals surface area (Å²) in [5.41, 5.74) is 0. The largest absolute Gasteiger partial charge is 0.481 e. The van der Waals surface area contributed by atoms with Gasteiger partial charge in [-0.2, -0.15) is 0 Å². The Morgan fingerprint density at radius 2 is 2.07 bits per heavy atom. The first-order chi connectivity index (χ1) is 7.15. The maximum absolute atomic E-state index is 10.7. The third-order valence-electron chi connectivity index (χ3n) is 3.51. The predicted molar refractivity (Wildman–Crippen MR) is 58.6 cm³/mol. The lowest BCUT2D eigenvalue weighted by atomic mass is 9.87. The van der Waals surface area contributed by atoms with Crippen LogP contribution >= 0.6 is 0 Å². The van der Waals surface area contributed by atoms with Gasteiger partial charge in [0.1, 0.15) is 0 Å². The third-order valence-corrected chi connectivity index (χ3v) is 3.51. The van der Waals surface area contributed by atoms with E-state index in [0.717, 1.165) is 25.7 Å². The van der Waals surface area contributed by atoms with Gasteiger partial charge in [0.2, 0.25) is 0 Å².